The standard InChI is InChI=1S/C20H19Cl3N4O3/c1-4-10(5-2)12-8-16(24-25-20(12)23)30-19-13(21)6-11(7-14(19)22)18-15(28)9-17(29)27(3)26-18/h6-8,10H,4-5,9H2,1-3H3. The summed E-state index contributed by atoms with van der Waals surface area (Å²) in [7, 11) is 1.48. The number of carbonyl (C=O) groups is 2. The Kier molecular flexibility index (Phi) is 6.95. The molecule has 0 saturated heterocycles. The van der Waals surface area contributed by atoms with Gasteiger partial charge in [-0.15, -0.1) is 10.2 Å². The van der Waals surface area contributed by atoms with Crippen LogP contribution >= 0.6 is 34.8 Å². The summed E-state index contributed by atoms with van der Waals surface area (Å²) >= 11 is 19.0. The Morgan fingerprint density at radius 3 is 2.30 bits per heavy atom. The molecule has 2 aromatic rings. The predicted octanol–water partition coefficient (Wildman–Crippen LogP) is 5.27. The summed E-state index contributed by atoms with van der Waals surface area (Å²) < 4.78 is 5.80. The van der Waals surface area contributed by atoms with Gasteiger partial charge in [0.2, 0.25) is 11.8 Å². The molecular formula is C20H19Cl3N4O3. The number of nitrogens with zero attached hydrogens (tertiary/aromatic N) is 4. The van der Waals surface area contributed by atoms with Gasteiger partial charge in [-0.25, -0.2) is 5.01 Å². The number of ketones is 1. The molecule has 0 aliphatic carbocycles. The van der Waals surface area contributed by atoms with Crippen molar-refractivity contribution in [2.75, 3.05) is 7.05 Å². The number of hydrogen-bond donors (Lipinski definition) is 0. The second kappa shape index (κ2) is 9.29. The van der Waals surface area contributed by atoms with Crippen LogP contribution in [0.2, 0.25) is 15.2 Å². The second-order valence-corrected chi connectivity index (χ2v) is 7.95. The van der Waals surface area contributed by atoms with Crippen LogP contribution in [0.15, 0.2) is 23.3 Å². The van der Waals surface area contributed by atoms with E-state index >= 15 is 0 Å². The number of hydrogen-bond acceptors (Lipinski definition) is 6. The largest absolute Gasteiger partial charge is 0.434 e. The molecule has 0 fully saturated rings. The third-order valence-electron chi connectivity index (χ3n) is 4.84. The normalized spacial score (nSPS) is 14.4. The van der Waals surface area contributed by atoms with Gasteiger partial charge in [-0.1, -0.05) is 48.7 Å². The molecule has 7 nitrogen and oxygen atoms in total. The molecule has 0 N–H and O–H groups in total. The maximum atomic E-state index is 12.2. The van der Waals surface area contributed by atoms with Crippen molar-refractivity contribution in [1.82, 2.24) is 15.2 Å². The number of halogens is 3. The van der Waals surface area contributed by atoms with Crippen molar-refractivity contribution in [3.05, 3.63) is 44.5 Å². The lowest BCUT2D eigenvalue weighted by molar-refractivity contribution is -0.133. The zero-order valence-electron chi connectivity index (χ0n) is 16.6. The van der Waals surface area contributed by atoms with Gasteiger partial charge in [0, 0.05) is 18.7 Å². The van der Waals surface area contributed by atoms with Crippen LogP contribution in [-0.4, -0.2) is 39.7 Å². The number of Topliss-reactive ketones (excluding diaryl/α,β-unsaturated/α-hetero) is 1. The summed E-state index contributed by atoms with van der Waals surface area (Å²) in [5.41, 5.74) is 1.33. The van der Waals surface area contributed by atoms with Gasteiger partial charge in [-0.2, -0.15) is 5.10 Å². The fourth-order valence-electron chi connectivity index (χ4n) is 3.15. The van der Waals surface area contributed by atoms with Gasteiger partial charge in [0.25, 0.3) is 0 Å². The Balaban J connectivity index is 1.94. The summed E-state index contributed by atoms with van der Waals surface area (Å²) in [5, 5.41) is 13.7. The van der Waals surface area contributed by atoms with Crippen LogP contribution in [0.25, 0.3) is 0 Å². The number of carbonyl (C=O) groups excluding carboxylic acids is 2. The SMILES string of the molecule is CCC(CC)c1cc(Oc2c(Cl)cc(C3=NN(C)C(=O)CC3=O)cc2Cl)nnc1Cl. The van der Waals surface area contributed by atoms with Crippen LogP contribution in [0.3, 0.4) is 0 Å². The summed E-state index contributed by atoms with van der Waals surface area (Å²) in [6, 6.07) is 4.74. The number of hydrazone groups is 1. The Bertz CT molecular complexity index is 1010. The minimum Gasteiger partial charge on any atom is -0.434 e. The lowest BCUT2D eigenvalue weighted by atomic mass is 9.96. The van der Waals surface area contributed by atoms with Crippen LogP contribution in [-0.2, 0) is 9.59 Å². The predicted molar refractivity (Wildman–Crippen MR) is 116 cm³/mol. The molecule has 30 heavy (non-hydrogen) atoms. The van der Waals surface area contributed by atoms with Crippen LogP contribution in [0.4, 0.5) is 0 Å². The van der Waals surface area contributed by atoms with Crippen LogP contribution in [0.1, 0.15) is 50.2 Å². The molecule has 2 heterocycles. The van der Waals surface area contributed by atoms with Gasteiger partial charge in [-0.05, 0) is 36.5 Å². The molecule has 0 atom stereocenters. The van der Waals surface area contributed by atoms with Crippen LogP contribution in [0, 0.1) is 0 Å². The van der Waals surface area contributed by atoms with Crippen molar-refractivity contribution < 1.29 is 14.3 Å². The molecular weight excluding hydrogens is 451 g/mol. The molecule has 1 amide bonds. The first kappa shape index (κ1) is 22.5. The molecule has 1 aromatic carbocycles. The highest BCUT2D eigenvalue weighted by atomic mass is 35.5. The van der Waals surface area contributed by atoms with Crippen LogP contribution in [0.5, 0.6) is 11.6 Å². The highest BCUT2D eigenvalue weighted by Crippen LogP contribution is 2.38. The minimum absolute atomic E-state index is 0.106. The maximum absolute atomic E-state index is 12.2. The van der Waals surface area contributed by atoms with E-state index < -0.39 is 5.78 Å². The first-order chi connectivity index (χ1) is 14.2. The molecule has 0 radical (unpaired) electrons. The monoisotopic (exact) mass is 468 g/mol. The average molecular weight is 470 g/mol. The van der Waals surface area contributed by atoms with Gasteiger partial charge < -0.3 is 4.74 Å². The number of amides is 1. The highest BCUT2D eigenvalue weighted by Gasteiger charge is 2.27. The van der Waals surface area contributed by atoms with E-state index in [1.54, 1.807) is 6.07 Å². The number of aromatic nitrogens is 2. The third-order valence-corrected chi connectivity index (χ3v) is 5.70. The van der Waals surface area contributed by atoms with Crippen molar-refractivity contribution in [1.29, 1.82) is 0 Å². The topological polar surface area (TPSA) is 84.8 Å². The van der Waals surface area contributed by atoms with Gasteiger partial charge in [0.05, 0.1) is 16.5 Å². The average Bonchev–Trinajstić information content (AvgIpc) is 2.70. The summed E-state index contributed by atoms with van der Waals surface area (Å²) in [6.07, 6.45) is 1.53. The number of rotatable bonds is 6. The molecule has 3 rings (SSSR count). The summed E-state index contributed by atoms with van der Waals surface area (Å²) in [6.45, 7) is 4.14. The van der Waals surface area contributed by atoms with E-state index in [4.69, 9.17) is 39.5 Å². The quantitative estimate of drug-likeness (QED) is 0.538. The van der Waals surface area contributed by atoms with Crippen molar-refractivity contribution >= 4 is 52.2 Å². The molecule has 0 spiro atoms. The smallest absolute Gasteiger partial charge is 0.250 e. The molecule has 1 aromatic heterocycles. The van der Waals surface area contributed by atoms with Gasteiger partial charge in [-0.3, -0.25) is 9.59 Å². The fourth-order valence-corrected chi connectivity index (χ4v) is 3.96. The molecule has 0 saturated carbocycles. The van der Waals surface area contributed by atoms with E-state index in [0.29, 0.717) is 10.7 Å². The molecule has 0 bridgehead atoms. The fraction of sp³-hybridized carbons (Fsp3) is 0.350. The van der Waals surface area contributed by atoms with E-state index in [-0.39, 0.29) is 45.6 Å². The second-order valence-electron chi connectivity index (χ2n) is 6.78. The third kappa shape index (κ3) is 4.58. The zero-order chi connectivity index (χ0) is 22.0. The van der Waals surface area contributed by atoms with Crippen molar-refractivity contribution in [3.63, 3.8) is 0 Å². The Labute approximate surface area is 189 Å². The molecule has 1 aliphatic heterocycles. The Morgan fingerprint density at radius 1 is 1.07 bits per heavy atom. The summed E-state index contributed by atoms with van der Waals surface area (Å²) in [4.78, 5) is 23.8. The summed E-state index contributed by atoms with van der Waals surface area (Å²) in [5.74, 6) is -0.191. The van der Waals surface area contributed by atoms with Crippen molar-refractivity contribution in [2.24, 2.45) is 5.10 Å². The van der Waals surface area contributed by atoms with Crippen LogP contribution < -0.4 is 4.74 Å². The number of benzene rings is 1. The van der Waals surface area contributed by atoms with E-state index in [1.807, 2.05) is 0 Å². The van der Waals surface area contributed by atoms with E-state index in [2.05, 4.69) is 29.1 Å². The zero-order valence-corrected chi connectivity index (χ0v) is 18.8. The molecule has 158 valence electrons. The lowest BCUT2D eigenvalue weighted by Crippen LogP contribution is -2.35. The maximum Gasteiger partial charge on any atom is 0.250 e. The molecule has 10 heteroatoms. The Morgan fingerprint density at radius 2 is 1.70 bits per heavy atom. The van der Waals surface area contributed by atoms with Gasteiger partial charge in [0.15, 0.2) is 16.7 Å². The molecule has 0 unspecified atom stereocenters. The number of ether oxygens (including phenoxy) is 1. The van der Waals surface area contributed by atoms with E-state index in [0.717, 1.165) is 23.4 Å². The first-order valence-electron chi connectivity index (χ1n) is 9.33. The van der Waals surface area contributed by atoms with Gasteiger partial charge in [0.1, 0.15) is 5.71 Å². The first-order valence-corrected chi connectivity index (χ1v) is 10.5. The Hall–Kier alpha value is -2.22. The lowest BCUT2D eigenvalue weighted by Gasteiger charge is -2.19. The van der Waals surface area contributed by atoms with Crippen molar-refractivity contribution in [2.45, 2.75) is 39.0 Å². The highest BCUT2D eigenvalue weighted by molar-refractivity contribution is 6.50. The van der Waals surface area contributed by atoms with Gasteiger partial charge >= 0.3 is 0 Å². The van der Waals surface area contributed by atoms with Crippen molar-refractivity contribution in [3.8, 4) is 11.6 Å². The molecule has 1 aliphatic rings. The van der Waals surface area contributed by atoms with E-state index in [9.17, 15) is 9.59 Å². The van der Waals surface area contributed by atoms with E-state index in [1.165, 1.54) is 19.2 Å². The minimum atomic E-state index is -0.405.